The van der Waals surface area contributed by atoms with E-state index >= 15 is 0 Å². The van der Waals surface area contributed by atoms with Crippen molar-refractivity contribution < 1.29 is 14.7 Å². The van der Waals surface area contributed by atoms with Crippen LogP contribution in [0.3, 0.4) is 0 Å². The number of pyridine rings is 1. The maximum absolute atomic E-state index is 13.1. The summed E-state index contributed by atoms with van der Waals surface area (Å²) in [6.07, 6.45) is 5.98. The van der Waals surface area contributed by atoms with Gasteiger partial charge in [-0.3, -0.25) is 23.7 Å². The molecule has 0 aliphatic carbocycles. The number of nitrogens with zero attached hydrogens (tertiary/aromatic N) is 3. The average Bonchev–Trinajstić information content (AvgIpc) is 2.99. The third kappa shape index (κ3) is 4.88. The summed E-state index contributed by atoms with van der Waals surface area (Å²) in [6.45, 7) is 2.76. The van der Waals surface area contributed by atoms with Crippen molar-refractivity contribution in [3.63, 3.8) is 0 Å². The van der Waals surface area contributed by atoms with Crippen LogP contribution in [0, 0.1) is 0 Å². The molecule has 30 heavy (non-hydrogen) atoms. The molecular formula is C20H22N4O4S2. The van der Waals surface area contributed by atoms with Crippen molar-refractivity contribution in [1.29, 1.82) is 0 Å². The van der Waals surface area contributed by atoms with Crippen molar-refractivity contribution in [1.82, 2.24) is 14.3 Å². The highest BCUT2D eigenvalue weighted by atomic mass is 32.2. The van der Waals surface area contributed by atoms with Crippen LogP contribution in [-0.4, -0.2) is 48.7 Å². The minimum absolute atomic E-state index is 0.00554. The molecule has 1 aliphatic rings. The van der Waals surface area contributed by atoms with Gasteiger partial charge in [-0.15, -0.1) is 0 Å². The lowest BCUT2D eigenvalue weighted by molar-refractivity contribution is -0.137. The molecule has 8 nitrogen and oxygen atoms in total. The summed E-state index contributed by atoms with van der Waals surface area (Å²) < 4.78 is 1.70. The first kappa shape index (κ1) is 22.0. The van der Waals surface area contributed by atoms with Crippen LogP contribution < -0.4 is 10.9 Å². The Bertz CT molecular complexity index is 1080. The number of nitrogens with one attached hydrogen (secondary N) is 1. The van der Waals surface area contributed by atoms with Crippen LogP contribution in [0.1, 0.15) is 38.2 Å². The SMILES string of the molecule is CCCCCNc1nc2ccccn2c(=O)c1/C=C1/SC(=S)N(CCC(=O)O)C1=O. The minimum atomic E-state index is -1.01. The molecule has 2 aromatic heterocycles. The van der Waals surface area contributed by atoms with Gasteiger partial charge in [-0.1, -0.05) is 49.8 Å². The number of carbonyl (C=O) groups is 2. The Morgan fingerprint density at radius 3 is 2.87 bits per heavy atom. The highest BCUT2D eigenvalue weighted by molar-refractivity contribution is 8.26. The van der Waals surface area contributed by atoms with E-state index in [1.165, 1.54) is 15.4 Å². The molecule has 0 unspecified atom stereocenters. The fourth-order valence-electron chi connectivity index (χ4n) is 2.98. The van der Waals surface area contributed by atoms with Crippen LogP contribution in [0.5, 0.6) is 0 Å². The second-order valence-electron chi connectivity index (χ2n) is 6.72. The van der Waals surface area contributed by atoms with Crippen molar-refractivity contribution in [3.8, 4) is 0 Å². The lowest BCUT2D eigenvalue weighted by Crippen LogP contribution is -2.30. The molecule has 0 bridgehead atoms. The smallest absolute Gasteiger partial charge is 0.305 e. The second kappa shape index (κ2) is 9.86. The molecule has 1 aliphatic heterocycles. The molecule has 10 heteroatoms. The van der Waals surface area contributed by atoms with Crippen molar-refractivity contribution in [2.24, 2.45) is 0 Å². The summed E-state index contributed by atoms with van der Waals surface area (Å²) in [7, 11) is 0. The van der Waals surface area contributed by atoms with E-state index < -0.39 is 11.9 Å². The number of fused-ring (bicyclic) bond motifs is 1. The molecule has 0 spiro atoms. The number of unbranched alkanes of at least 4 members (excludes halogenated alkanes) is 2. The van der Waals surface area contributed by atoms with E-state index in [0.29, 0.717) is 18.0 Å². The minimum Gasteiger partial charge on any atom is -0.481 e. The Hall–Kier alpha value is -2.72. The zero-order valence-corrected chi connectivity index (χ0v) is 18.1. The summed E-state index contributed by atoms with van der Waals surface area (Å²) in [5, 5.41) is 12.1. The van der Waals surface area contributed by atoms with Crippen LogP contribution >= 0.6 is 24.0 Å². The van der Waals surface area contributed by atoms with Crippen LogP contribution in [0.2, 0.25) is 0 Å². The van der Waals surface area contributed by atoms with E-state index in [1.54, 1.807) is 24.4 Å². The zero-order valence-electron chi connectivity index (χ0n) is 16.5. The van der Waals surface area contributed by atoms with Crippen molar-refractivity contribution in [2.75, 3.05) is 18.4 Å². The van der Waals surface area contributed by atoms with Gasteiger partial charge in [0, 0.05) is 19.3 Å². The number of hydrogen-bond donors (Lipinski definition) is 2. The number of carboxylic acids is 1. The topological polar surface area (TPSA) is 104 Å². The van der Waals surface area contributed by atoms with Crippen molar-refractivity contribution >= 4 is 57.7 Å². The van der Waals surface area contributed by atoms with Crippen LogP contribution in [-0.2, 0) is 9.59 Å². The average molecular weight is 447 g/mol. The van der Waals surface area contributed by atoms with E-state index in [9.17, 15) is 14.4 Å². The van der Waals surface area contributed by atoms with E-state index in [-0.39, 0.29) is 33.3 Å². The number of aromatic nitrogens is 2. The maximum atomic E-state index is 13.1. The summed E-state index contributed by atoms with van der Waals surface area (Å²) >= 11 is 6.28. The molecule has 0 atom stereocenters. The third-order valence-electron chi connectivity index (χ3n) is 4.54. The summed E-state index contributed by atoms with van der Waals surface area (Å²) in [5.74, 6) is -0.998. The van der Waals surface area contributed by atoms with Gasteiger partial charge in [-0.25, -0.2) is 4.98 Å². The van der Waals surface area contributed by atoms with Crippen LogP contribution in [0.25, 0.3) is 11.7 Å². The number of carboxylic acid groups (broad SMARTS) is 1. The number of rotatable bonds is 9. The van der Waals surface area contributed by atoms with Gasteiger partial charge in [-0.2, -0.15) is 0 Å². The lowest BCUT2D eigenvalue weighted by atomic mass is 10.2. The Balaban J connectivity index is 1.98. The number of thioether (sulfide) groups is 1. The van der Waals surface area contributed by atoms with Gasteiger partial charge in [-0.05, 0) is 24.6 Å². The predicted octanol–water partition coefficient (Wildman–Crippen LogP) is 2.97. The van der Waals surface area contributed by atoms with Gasteiger partial charge >= 0.3 is 5.97 Å². The normalized spacial score (nSPS) is 15.4. The Morgan fingerprint density at radius 1 is 1.33 bits per heavy atom. The predicted molar refractivity (Wildman–Crippen MR) is 122 cm³/mol. The first-order chi connectivity index (χ1) is 14.4. The summed E-state index contributed by atoms with van der Waals surface area (Å²) in [6, 6.07) is 5.28. The van der Waals surface area contributed by atoms with E-state index in [0.717, 1.165) is 31.0 Å². The standard InChI is InChI=1S/C20H22N4O4S2/c1-2-3-5-9-21-17-13(18(27)23-10-6-4-7-15(23)22-17)12-14-19(28)24(20(29)30-14)11-8-16(25)26/h4,6-7,10,12,21H,2-3,5,8-9,11H2,1H3,(H,25,26)/b14-12+. The molecular weight excluding hydrogens is 424 g/mol. The van der Waals surface area contributed by atoms with E-state index in [4.69, 9.17) is 17.3 Å². The third-order valence-corrected chi connectivity index (χ3v) is 5.92. The first-order valence-electron chi connectivity index (χ1n) is 9.64. The van der Waals surface area contributed by atoms with Crippen molar-refractivity contribution in [2.45, 2.75) is 32.6 Å². The monoisotopic (exact) mass is 446 g/mol. The molecule has 1 fully saturated rings. The molecule has 158 valence electrons. The number of hydrogen-bond acceptors (Lipinski definition) is 7. The highest BCUT2D eigenvalue weighted by Gasteiger charge is 2.32. The van der Waals surface area contributed by atoms with E-state index in [2.05, 4.69) is 17.2 Å². The Morgan fingerprint density at radius 2 is 2.13 bits per heavy atom. The Kier molecular flexibility index (Phi) is 7.22. The van der Waals surface area contributed by atoms with Gasteiger partial charge in [0.25, 0.3) is 11.5 Å². The van der Waals surface area contributed by atoms with Gasteiger partial charge in [0.1, 0.15) is 15.8 Å². The number of aliphatic carboxylic acids is 1. The zero-order chi connectivity index (χ0) is 21.7. The first-order valence-corrected chi connectivity index (χ1v) is 10.9. The number of amides is 1. The van der Waals surface area contributed by atoms with Crippen LogP contribution in [0.4, 0.5) is 5.82 Å². The number of thiocarbonyl (C=S) groups is 1. The fraction of sp³-hybridized carbons (Fsp3) is 0.350. The summed E-state index contributed by atoms with van der Waals surface area (Å²) in [5.41, 5.74) is 0.481. The van der Waals surface area contributed by atoms with Gasteiger partial charge in [0.05, 0.1) is 16.9 Å². The molecule has 1 amide bonds. The quantitative estimate of drug-likeness (QED) is 0.344. The largest absolute Gasteiger partial charge is 0.481 e. The van der Waals surface area contributed by atoms with Crippen LogP contribution in [0.15, 0.2) is 34.1 Å². The fourth-order valence-corrected chi connectivity index (χ4v) is 4.27. The van der Waals surface area contributed by atoms with Gasteiger partial charge in [0.15, 0.2) is 0 Å². The highest BCUT2D eigenvalue weighted by Crippen LogP contribution is 2.33. The van der Waals surface area contributed by atoms with E-state index in [1.807, 2.05) is 0 Å². The maximum Gasteiger partial charge on any atom is 0.305 e. The molecule has 0 aromatic carbocycles. The second-order valence-corrected chi connectivity index (χ2v) is 8.39. The van der Waals surface area contributed by atoms with Gasteiger partial charge in [0.2, 0.25) is 0 Å². The molecule has 3 heterocycles. The number of anilines is 1. The van der Waals surface area contributed by atoms with Gasteiger partial charge < -0.3 is 10.4 Å². The molecule has 0 saturated carbocycles. The molecule has 0 radical (unpaired) electrons. The molecule has 2 aromatic rings. The lowest BCUT2D eigenvalue weighted by Gasteiger charge is -2.12. The van der Waals surface area contributed by atoms with Crippen molar-refractivity contribution in [3.05, 3.63) is 45.2 Å². The Labute approximate surface area is 183 Å². The number of carbonyl (C=O) groups excluding carboxylic acids is 1. The molecule has 3 rings (SSSR count). The summed E-state index contributed by atoms with van der Waals surface area (Å²) in [4.78, 5) is 42.8. The molecule has 1 saturated heterocycles. The molecule has 2 N–H and O–H groups in total.